The van der Waals surface area contributed by atoms with Gasteiger partial charge in [-0.15, -0.1) is 0 Å². The number of anilines is 1. The Bertz CT molecular complexity index is 1190. The molecule has 1 atom stereocenters. The summed E-state index contributed by atoms with van der Waals surface area (Å²) in [6.07, 6.45) is 3.12. The highest BCUT2D eigenvalue weighted by atomic mass is 16.3. The summed E-state index contributed by atoms with van der Waals surface area (Å²) in [7, 11) is 1.95. The number of rotatable bonds is 6. The second-order valence-corrected chi connectivity index (χ2v) is 8.59. The van der Waals surface area contributed by atoms with Gasteiger partial charge >= 0.3 is 0 Å². The van der Waals surface area contributed by atoms with Gasteiger partial charge in [0.15, 0.2) is 11.5 Å². The van der Waals surface area contributed by atoms with Crippen LogP contribution in [0.2, 0.25) is 0 Å². The van der Waals surface area contributed by atoms with E-state index in [0.717, 1.165) is 28.5 Å². The van der Waals surface area contributed by atoms with Crippen molar-refractivity contribution in [2.45, 2.75) is 39.7 Å². The largest absolute Gasteiger partial charge is 0.503 e. The minimum absolute atomic E-state index is 0.119. The number of nitrogens with zero attached hydrogens (tertiary/aromatic N) is 2. The third-order valence-electron chi connectivity index (χ3n) is 5.95. The van der Waals surface area contributed by atoms with E-state index < -0.39 is 17.7 Å². The summed E-state index contributed by atoms with van der Waals surface area (Å²) in [5, 5.41) is 11.8. The zero-order valence-electron chi connectivity index (χ0n) is 18.4. The second-order valence-electron chi connectivity index (χ2n) is 8.59. The molecule has 31 heavy (non-hydrogen) atoms. The van der Waals surface area contributed by atoms with E-state index in [2.05, 4.69) is 6.92 Å². The number of para-hydroxylation sites is 1. The fourth-order valence-electron chi connectivity index (χ4n) is 4.41. The summed E-state index contributed by atoms with van der Waals surface area (Å²) in [4.78, 5) is 28.0. The Kier molecular flexibility index (Phi) is 5.44. The first-order chi connectivity index (χ1) is 14.8. The van der Waals surface area contributed by atoms with Crippen molar-refractivity contribution >= 4 is 28.3 Å². The molecular weight excluding hydrogens is 388 g/mol. The van der Waals surface area contributed by atoms with Crippen LogP contribution in [0.25, 0.3) is 10.9 Å². The van der Waals surface area contributed by atoms with Gasteiger partial charge in [-0.1, -0.05) is 51.1 Å². The number of benzene rings is 2. The molecule has 1 aromatic heterocycles. The van der Waals surface area contributed by atoms with Gasteiger partial charge in [0.25, 0.3) is 5.91 Å². The Balaban J connectivity index is 1.92. The molecule has 0 fully saturated rings. The van der Waals surface area contributed by atoms with Crippen molar-refractivity contribution in [2.24, 2.45) is 13.0 Å². The van der Waals surface area contributed by atoms with Gasteiger partial charge in [0, 0.05) is 41.8 Å². The number of amides is 1. The quantitative estimate of drug-likeness (QED) is 0.596. The van der Waals surface area contributed by atoms with Crippen molar-refractivity contribution in [2.75, 3.05) is 4.90 Å². The SMILES string of the molecule is CCc1ccc(N2C(=O)C(O)=C(C(=O)CC(C)C)C2c2cn(C)c3ccccc23)cc1. The number of Topliss-reactive ketones (excluding diaryl/α,β-unsaturated/α-hetero) is 1. The summed E-state index contributed by atoms with van der Waals surface area (Å²) < 4.78 is 1.99. The lowest BCUT2D eigenvalue weighted by atomic mass is 9.91. The fraction of sp³-hybridized carbons (Fsp3) is 0.308. The number of aliphatic hydroxyl groups excluding tert-OH is 1. The first-order valence-corrected chi connectivity index (χ1v) is 10.8. The topological polar surface area (TPSA) is 62.5 Å². The fourth-order valence-corrected chi connectivity index (χ4v) is 4.41. The summed E-state index contributed by atoms with van der Waals surface area (Å²) in [5.41, 5.74) is 3.86. The number of hydrogen-bond acceptors (Lipinski definition) is 3. The van der Waals surface area contributed by atoms with Crippen LogP contribution < -0.4 is 4.90 Å². The molecule has 0 spiro atoms. The summed E-state index contributed by atoms with van der Waals surface area (Å²) >= 11 is 0. The molecule has 2 heterocycles. The number of hydrogen-bond donors (Lipinski definition) is 1. The zero-order chi connectivity index (χ0) is 22.3. The highest BCUT2D eigenvalue weighted by Gasteiger charge is 2.45. The summed E-state index contributed by atoms with van der Waals surface area (Å²) in [5.74, 6) is -1.04. The lowest BCUT2D eigenvalue weighted by Crippen LogP contribution is -2.31. The Morgan fingerprint density at radius 2 is 1.77 bits per heavy atom. The molecule has 1 N–H and O–H groups in total. The first kappa shape index (κ1) is 20.9. The number of aromatic nitrogens is 1. The van der Waals surface area contributed by atoms with Gasteiger partial charge < -0.3 is 9.67 Å². The van der Waals surface area contributed by atoms with Crippen LogP contribution in [0, 0.1) is 5.92 Å². The zero-order valence-corrected chi connectivity index (χ0v) is 18.4. The van der Waals surface area contributed by atoms with Crippen molar-refractivity contribution in [3.63, 3.8) is 0 Å². The Labute approximate surface area is 182 Å². The van der Waals surface area contributed by atoms with Crippen molar-refractivity contribution in [3.8, 4) is 0 Å². The van der Waals surface area contributed by atoms with Gasteiger partial charge in [0.05, 0.1) is 11.6 Å². The molecule has 5 nitrogen and oxygen atoms in total. The molecule has 5 heteroatoms. The molecule has 1 unspecified atom stereocenters. The van der Waals surface area contributed by atoms with E-state index in [1.165, 1.54) is 0 Å². The second kappa shape index (κ2) is 8.06. The van der Waals surface area contributed by atoms with E-state index in [-0.39, 0.29) is 23.7 Å². The third-order valence-corrected chi connectivity index (χ3v) is 5.95. The van der Waals surface area contributed by atoms with E-state index in [4.69, 9.17) is 0 Å². The van der Waals surface area contributed by atoms with E-state index in [9.17, 15) is 14.7 Å². The van der Waals surface area contributed by atoms with Crippen LogP contribution in [0.4, 0.5) is 5.69 Å². The van der Waals surface area contributed by atoms with Crippen molar-refractivity contribution < 1.29 is 14.7 Å². The van der Waals surface area contributed by atoms with Gasteiger partial charge in [-0.3, -0.25) is 14.5 Å². The summed E-state index contributed by atoms with van der Waals surface area (Å²) in [6.45, 7) is 5.99. The lowest BCUT2D eigenvalue weighted by Gasteiger charge is -2.27. The first-order valence-electron chi connectivity index (χ1n) is 10.8. The molecule has 0 saturated carbocycles. The normalized spacial score (nSPS) is 16.7. The maximum absolute atomic E-state index is 13.2. The molecular formula is C26H28N2O3. The molecule has 160 valence electrons. The lowest BCUT2D eigenvalue weighted by molar-refractivity contribution is -0.118. The molecule has 1 aliphatic heterocycles. The Morgan fingerprint density at radius 3 is 2.42 bits per heavy atom. The van der Waals surface area contributed by atoms with Crippen molar-refractivity contribution in [3.05, 3.63) is 77.2 Å². The van der Waals surface area contributed by atoms with Crippen LogP contribution in [0.3, 0.4) is 0 Å². The molecule has 0 aliphatic carbocycles. The number of carbonyl (C=O) groups is 2. The maximum Gasteiger partial charge on any atom is 0.294 e. The Morgan fingerprint density at radius 1 is 1.10 bits per heavy atom. The maximum atomic E-state index is 13.2. The van der Waals surface area contributed by atoms with Gasteiger partial charge in [-0.2, -0.15) is 0 Å². The number of fused-ring (bicyclic) bond motifs is 1. The molecule has 0 bridgehead atoms. The number of ketones is 1. The smallest absolute Gasteiger partial charge is 0.294 e. The molecule has 3 aromatic rings. The average molecular weight is 417 g/mol. The third kappa shape index (κ3) is 3.54. The van der Waals surface area contributed by atoms with Crippen molar-refractivity contribution in [1.29, 1.82) is 0 Å². The molecule has 2 aromatic carbocycles. The van der Waals surface area contributed by atoms with Gasteiger partial charge in [-0.05, 0) is 36.1 Å². The van der Waals surface area contributed by atoms with Gasteiger partial charge in [-0.25, -0.2) is 0 Å². The van der Waals surface area contributed by atoms with Crippen LogP contribution >= 0.6 is 0 Å². The predicted molar refractivity (Wildman–Crippen MR) is 123 cm³/mol. The number of aliphatic hydroxyl groups is 1. The van der Waals surface area contributed by atoms with Gasteiger partial charge in [0.1, 0.15) is 0 Å². The van der Waals surface area contributed by atoms with Crippen LogP contribution in [0.1, 0.15) is 44.4 Å². The molecule has 1 aliphatic rings. The Hall–Kier alpha value is -3.34. The van der Waals surface area contributed by atoms with Crippen LogP contribution in [0.5, 0.6) is 0 Å². The predicted octanol–water partition coefficient (Wildman–Crippen LogP) is 5.26. The van der Waals surface area contributed by atoms with Crippen molar-refractivity contribution in [1.82, 2.24) is 4.57 Å². The highest BCUT2D eigenvalue weighted by Crippen LogP contribution is 2.44. The summed E-state index contributed by atoms with van der Waals surface area (Å²) in [6, 6.07) is 15.0. The minimum Gasteiger partial charge on any atom is -0.503 e. The highest BCUT2D eigenvalue weighted by molar-refractivity contribution is 6.17. The van der Waals surface area contributed by atoms with Crippen LogP contribution in [0.15, 0.2) is 66.1 Å². The van der Waals surface area contributed by atoms with E-state index in [0.29, 0.717) is 5.69 Å². The number of aryl methyl sites for hydroxylation is 2. The average Bonchev–Trinajstić information content (AvgIpc) is 3.22. The number of carbonyl (C=O) groups excluding carboxylic acids is 2. The van der Waals surface area contributed by atoms with Crippen LogP contribution in [-0.2, 0) is 23.1 Å². The standard InChI is InChI=1S/C26H28N2O3/c1-5-17-10-12-18(13-11-17)28-24(20-15-27(4)21-9-7-6-8-19(20)21)23(25(30)26(28)31)22(29)14-16(2)3/h6-13,15-16,24,30H,5,14H2,1-4H3. The van der Waals surface area contributed by atoms with Crippen LogP contribution in [-0.4, -0.2) is 21.4 Å². The van der Waals surface area contributed by atoms with Gasteiger partial charge in [0.2, 0.25) is 0 Å². The minimum atomic E-state index is -0.669. The van der Waals surface area contributed by atoms with E-state index in [1.54, 1.807) is 4.90 Å². The van der Waals surface area contributed by atoms with E-state index in [1.807, 2.05) is 80.2 Å². The molecule has 0 saturated heterocycles. The monoisotopic (exact) mass is 416 g/mol. The van der Waals surface area contributed by atoms with E-state index >= 15 is 0 Å². The molecule has 1 amide bonds. The molecule has 4 rings (SSSR count). The molecule has 0 radical (unpaired) electrons.